The van der Waals surface area contributed by atoms with Crippen LogP contribution >= 0.6 is 11.6 Å². The van der Waals surface area contributed by atoms with Gasteiger partial charge in [-0.3, -0.25) is 4.79 Å². The Balaban J connectivity index is 2.51. The summed E-state index contributed by atoms with van der Waals surface area (Å²) in [6, 6.07) is 3.50. The van der Waals surface area contributed by atoms with E-state index in [1.54, 1.807) is 13.0 Å². The van der Waals surface area contributed by atoms with Gasteiger partial charge in [-0.25, -0.2) is 0 Å². The second-order valence-electron chi connectivity index (χ2n) is 3.35. The van der Waals surface area contributed by atoms with Crippen molar-refractivity contribution in [1.82, 2.24) is 0 Å². The minimum absolute atomic E-state index is 0.140. The Morgan fingerprint density at radius 3 is 2.93 bits per heavy atom. The van der Waals surface area contributed by atoms with Crippen LogP contribution in [0.4, 0.5) is 5.69 Å². The molecule has 4 heteroatoms. The maximum atomic E-state index is 11.3. The van der Waals surface area contributed by atoms with Crippen molar-refractivity contribution in [3.63, 3.8) is 0 Å². The third-order valence-electron chi connectivity index (χ3n) is 2.16. The molecule has 0 radical (unpaired) electrons. The largest absolute Gasteiger partial charge is 0.478 e. The molecule has 1 amide bonds. The van der Waals surface area contributed by atoms with Crippen molar-refractivity contribution in [2.75, 3.05) is 5.32 Å². The minimum Gasteiger partial charge on any atom is -0.478 e. The monoisotopic (exact) mass is 211 g/mol. The van der Waals surface area contributed by atoms with Gasteiger partial charge in [-0.2, -0.15) is 0 Å². The average Bonchev–Trinajstić information content (AvgIpc) is 2.08. The standard InChI is InChI=1S/C10H10ClNO2/c1-5-3-7(11)4-8-9(5)14-6(2)10(13)12-8/h3-4,6H,1-2H3,(H,12,13). The van der Waals surface area contributed by atoms with Crippen LogP contribution in [0.3, 0.4) is 0 Å². The number of carbonyl (C=O) groups is 1. The minimum atomic E-state index is -0.442. The summed E-state index contributed by atoms with van der Waals surface area (Å²) in [5.74, 6) is 0.570. The van der Waals surface area contributed by atoms with Crippen LogP contribution in [0.5, 0.6) is 5.75 Å². The highest BCUT2D eigenvalue weighted by Crippen LogP contribution is 2.35. The molecule has 14 heavy (non-hydrogen) atoms. The van der Waals surface area contributed by atoms with Gasteiger partial charge in [-0.05, 0) is 31.5 Å². The Morgan fingerprint density at radius 2 is 2.21 bits per heavy atom. The van der Waals surface area contributed by atoms with Gasteiger partial charge in [0.1, 0.15) is 5.75 Å². The number of nitrogens with one attached hydrogen (secondary N) is 1. The van der Waals surface area contributed by atoms with Crippen LogP contribution < -0.4 is 10.1 Å². The summed E-state index contributed by atoms with van der Waals surface area (Å²) in [6.07, 6.45) is -0.442. The Hall–Kier alpha value is -1.22. The van der Waals surface area contributed by atoms with Gasteiger partial charge in [-0.1, -0.05) is 11.6 Å². The van der Waals surface area contributed by atoms with Crippen LogP contribution in [-0.2, 0) is 4.79 Å². The Labute approximate surface area is 87.0 Å². The molecule has 0 fully saturated rings. The van der Waals surface area contributed by atoms with Crippen molar-refractivity contribution in [3.8, 4) is 5.75 Å². The lowest BCUT2D eigenvalue weighted by atomic mass is 10.1. The van der Waals surface area contributed by atoms with Crippen molar-refractivity contribution < 1.29 is 9.53 Å². The fourth-order valence-corrected chi connectivity index (χ4v) is 1.72. The molecule has 1 N–H and O–H groups in total. The Bertz CT molecular complexity index is 403. The number of aryl methyl sites for hydroxylation is 1. The number of anilines is 1. The molecule has 74 valence electrons. The van der Waals surface area contributed by atoms with E-state index in [-0.39, 0.29) is 5.91 Å². The van der Waals surface area contributed by atoms with E-state index in [4.69, 9.17) is 16.3 Å². The predicted molar refractivity (Wildman–Crippen MR) is 54.9 cm³/mol. The van der Waals surface area contributed by atoms with Crippen molar-refractivity contribution in [2.24, 2.45) is 0 Å². The second kappa shape index (κ2) is 3.17. The van der Waals surface area contributed by atoms with Gasteiger partial charge in [0, 0.05) is 5.02 Å². The van der Waals surface area contributed by atoms with E-state index in [1.807, 2.05) is 13.0 Å². The van der Waals surface area contributed by atoms with Gasteiger partial charge >= 0.3 is 0 Å². The van der Waals surface area contributed by atoms with Gasteiger partial charge in [0.15, 0.2) is 6.10 Å². The normalized spacial score (nSPS) is 19.6. The molecule has 0 saturated carbocycles. The SMILES string of the molecule is Cc1cc(Cl)cc2c1OC(C)C(=O)N2. The van der Waals surface area contributed by atoms with Gasteiger partial charge in [-0.15, -0.1) is 0 Å². The number of carbonyl (C=O) groups excluding carboxylic acids is 1. The molecule has 1 aromatic carbocycles. The van der Waals surface area contributed by atoms with Crippen LogP contribution in [0.15, 0.2) is 12.1 Å². The molecule has 1 aliphatic rings. The van der Waals surface area contributed by atoms with Crippen LogP contribution in [0.25, 0.3) is 0 Å². The number of amides is 1. The quantitative estimate of drug-likeness (QED) is 0.716. The van der Waals surface area contributed by atoms with Crippen molar-refractivity contribution in [3.05, 3.63) is 22.7 Å². The first-order chi connectivity index (χ1) is 6.58. The van der Waals surface area contributed by atoms with Gasteiger partial charge in [0.2, 0.25) is 0 Å². The topological polar surface area (TPSA) is 38.3 Å². The molecule has 0 aromatic heterocycles. The first kappa shape index (κ1) is 9.34. The zero-order valence-corrected chi connectivity index (χ0v) is 8.68. The number of hydrogen-bond acceptors (Lipinski definition) is 2. The molecule has 0 aliphatic carbocycles. The van der Waals surface area contributed by atoms with E-state index in [9.17, 15) is 4.79 Å². The van der Waals surface area contributed by atoms with E-state index in [1.165, 1.54) is 0 Å². The van der Waals surface area contributed by atoms with Gasteiger partial charge < -0.3 is 10.1 Å². The van der Waals surface area contributed by atoms with E-state index >= 15 is 0 Å². The number of halogens is 1. The Morgan fingerprint density at radius 1 is 1.50 bits per heavy atom. The predicted octanol–water partition coefficient (Wildman–Crippen LogP) is 2.37. The molecule has 0 bridgehead atoms. The molecule has 2 rings (SSSR count). The molecule has 1 atom stereocenters. The highest BCUT2D eigenvalue weighted by atomic mass is 35.5. The first-order valence-electron chi connectivity index (χ1n) is 4.35. The molecule has 0 saturated heterocycles. The fraction of sp³-hybridized carbons (Fsp3) is 0.300. The number of rotatable bonds is 0. The molecule has 1 aromatic rings. The molecule has 0 spiro atoms. The van der Waals surface area contributed by atoms with Gasteiger partial charge in [0.05, 0.1) is 5.69 Å². The summed E-state index contributed by atoms with van der Waals surface area (Å²) in [6.45, 7) is 3.61. The maximum Gasteiger partial charge on any atom is 0.265 e. The molecule has 3 nitrogen and oxygen atoms in total. The number of ether oxygens (including phenoxy) is 1. The maximum absolute atomic E-state index is 11.3. The summed E-state index contributed by atoms with van der Waals surface area (Å²) in [7, 11) is 0. The zero-order valence-electron chi connectivity index (χ0n) is 7.93. The van der Waals surface area contributed by atoms with Crippen molar-refractivity contribution in [2.45, 2.75) is 20.0 Å². The van der Waals surface area contributed by atoms with Gasteiger partial charge in [0.25, 0.3) is 5.91 Å². The van der Waals surface area contributed by atoms with Crippen LogP contribution in [-0.4, -0.2) is 12.0 Å². The fourth-order valence-electron chi connectivity index (χ4n) is 1.44. The molecular weight excluding hydrogens is 202 g/mol. The third kappa shape index (κ3) is 1.44. The average molecular weight is 212 g/mol. The number of benzene rings is 1. The number of fused-ring (bicyclic) bond motifs is 1. The first-order valence-corrected chi connectivity index (χ1v) is 4.73. The lowest BCUT2D eigenvalue weighted by Crippen LogP contribution is -2.34. The summed E-state index contributed by atoms with van der Waals surface area (Å²) in [5.41, 5.74) is 1.58. The summed E-state index contributed by atoms with van der Waals surface area (Å²) in [5, 5.41) is 3.34. The summed E-state index contributed by atoms with van der Waals surface area (Å²) in [4.78, 5) is 11.3. The van der Waals surface area contributed by atoms with Crippen LogP contribution in [0.2, 0.25) is 5.02 Å². The molecule has 1 aliphatic heterocycles. The summed E-state index contributed by atoms with van der Waals surface area (Å²) >= 11 is 5.86. The lowest BCUT2D eigenvalue weighted by molar-refractivity contribution is -0.122. The highest BCUT2D eigenvalue weighted by molar-refractivity contribution is 6.31. The van der Waals surface area contributed by atoms with Crippen molar-refractivity contribution in [1.29, 1.82) is 0 Å². The van der Waals surface area contributed by atoms with E-state index in [0.717, 1.165) is 5.56 Å². The smallest absolute Gasteiger partial charge is 0.265 e. The lowest BCUT2D eigenvalue weighted by Gasteiger charge is -2.24. The molecule has 1 heterocycles. The van der Waals surface area contributed by atoms with E-state index in [2.05, 4.69) is 5.32 Å². The van der Waals surface area contributed by atoms with E-state index in [0.29, 0.717) is 16.5 Å². The summed E-state index contributed by atoms with van der Waals surface area (Å²) < 4.78 is 5.46. The molecule has 1 unspecified atom stereocenters. The highest BCUT2D eigenvalue weighted by Gasteiger charge is 2.24. The van der Waals surface area contributed by atoms with Crippen LogP contribution in [0.1, 0.15) is 12.5 Å². The zero-order chi connectivity index (χ0) is 10.3. The van der Waals surface area contributed by atoms with Crippen LogP contribution in [0, 0.1) is 6.92 Å². The van der Waals surface area contributed by atoms with Crippen molar-refractivity contribution >= 4 is 23.2 Å². The van der Waals surface area contributed by atoms with E-state index < -0.39 is 6.10 Å². The third-order valence-corrected chi connectivity index (χ3v) is 2.38. The molecular formula is C10H10ClNO2. The second-order valence-corrected chi connectivity index (χ2v) is 3.79. The number of hydrogen-bond donors (Lipinski definition) is 1. The Kier molecular flexibility index (Phi) is 2.11.